The van der Waals surface area contributed by atoms with Crippen molar-refractivity contribution >= 4 is 11.9 Å². The highest BCUT2D eigenvalue weighted by atomic mass is 19.1. The summed E-state index contributed by atoms with van der Waals surface area (Å²) in [6, 6.07) is 8.36. The lowest BCUT2D eigenvalue weighted by atomic mass is 10.3. The summed E-state index contributed by atoms with van der Waals surface area (Å²) in [5.41, 5.74) is 0. The maximum absolute atomic E-state index is 13.2. The normalized spacial score (nSPS) is 9.95. The van der Waals surface area contributed by atoms with E-state index in [-0.39, 0.29) is 12.3 Å². The second-order valence-corrected chi connectivity index (χ2v) is 4.03. The molecule has 2 aromatic rings. The van der Waals surface area contributed by atoms with Crippen LogP contribution in [-0.4, -0.2) is 18.5 Å². The van der Waals surface area contributed by atoms with Crippen LogP contribution in [0.4, 0.5) is 9.18 Å². The molecule has 0 fully saturated rings. The number of imide groups is 1. The molecule has 0 saturated heterocycles. The van der Waals surface area contributed by atoms with Gasteiger partial charge in [0.1, 0.15) is 5.76 Å². The lowest BCUT2D eigenvalue weighted by Gasteiger charge is -2.07. The summed E-state index contributed by atoms with van der Waals surface area (Å²) >= 11 is 0. The molecule has 1 heterocycles. The molecule has 3 amide bonds. The van der Waals surface area contributed by atoms with Crippen molar-refractivity contribution in [1.29, 1.82) is 0 Å². The summed E-state index contributed by atoms with van der Waals surface area (Å²) in [6.45, 7) is -0.310. The molecule has 0 unspecified atom stereocenters. The Morgan fingerprint density at radius 1 is 1.19 bits per heavy atom. The van der Waals surface area contributed by atoms with Crippen LogP contribution in [0.5, 0.6) is 5.75 Å². The van der Waals surface area contributed by atoms with Gasteiger partial charge in [0.2, 0.25) is 0 Å². The Morgan fingerprint density at radius 3 is 2.71 bits per heavy atom. The van der Waals surface area contributed by atoms with Crippen molar-refractivity contribution in [3.63, 3.8) is 0 Å². The van der Waals surface area contributed by atoms with Crippen LogP contribution in [0, 0.1) is 5.82 Å². The number of carbonyl (C=O) groups excluding carboxylic acids is 2. The standard InChI is InChI=1S/C14H13FN2O4/c15-11-5-1-2-6-12(11)21-9-13(18)17-14(19)16-8-10-4-3-7-20-10/h1-7H,8-9H2,(H2,16,17,18,19). The number of para-hydroxylation sites is 1. The molecule has 1 aromatic heterocycles. The summed E-state index contributed by atoms with van der Waals surface area (Å²) in [5.74, 6) is -0.758. The van der Waals surface area contributed by atoms with Gasteiger partial charge in [-0.15, -0.1) is 0 Å². The minimum absolute atomic E-state index is 0.0522. The van der Waals surface area contributed by atoms with Gasteiger partial charge >= 0.3 is 6.03 Å². The quantitative estimate of drug-likeness (QED) is 0.881. The van der Waals surface area contributed by atoms with Gasteiger partial charge in [-0.3, -0.25) is 10.1 Å². The number of rotatable bonds is 5. The molecule has 0 radical (unpaired) electrons. The average Bonchev–Trinajstić information content (AvgIpc) is 2.97. The van der Waals surface area contributed by atoms with Crippen molar-refractivity contribution in [2.75, 3.05) is 6.61 Å². The summed E-state index contributed by atoms with van der Waals surface area (Å²) in [7, 11) is 0. The predicted octanol–water partition coefficient (Wildman–Crippen LogP) is 1.82. The van der Waals surface area contributed by atoms with Crippen LogP contribution in [0.15, 0.2) is 47.1 Å². The van der Waals surface area contributed by atoms with E-state index in [0.717, 1.165) is 0 Å². The molecule has 0 aliphatic carbocycles. The largest absolute Gasteiger partial charge is 0.481 e. The first-order valence-corrected chi connectivity index (χ1v) is 6.12. The Kier molecular flexibility index (Phi) is 4.92. The molecular formula is C14H13FN2O4. The molecule has 0 aliphatic rings. The highest BCUT2D eigenvalue weighted by Gasteiger charge is 2.10. The second kappa shape index (κ2) is 7.09. The van der Waals surface area contributed by atoms with E-state index >= 15 is 0 Å². The fraction of sp³-hybridized carbons (Fsp3) is 0.143. The number of nitrogens with one attached hydrogen (secondary N) is 2. The van der Waals surface area contributed by atoms with Crippen LogP contribution in [0.3, 0.4) is 0 Å². The van der Waals surface area contributed by atoms with E-state index in [2.05, 4.69) is 10.6 Å². The molecule has 0 aliphatic heterocycles. The summed E-state index contributed by atoms with van der Waals surface area (Å²) in [5, 5.41) is 4.49. The van der Waals surface area contributed by atoms with Crippen LogP contribution in [-0.2, 0) is 11.3 Å². The van der Waals surface area contributed by atoms with Crippen LogP contribution < -0.4 is 15.4 Å². The zero-order valence-electron chi connectivity index (χ0n) is 11.0. The molecule has 2 N–H and O–H groups in total. The lowest BCUT2D eigenvalue weighted by Crippen LogP contribution is -2.41. The molecule has 7 heteroatoms. The van der Waals surface area contributed by atoms with Gasteiger partial charge in [0.05, 0.1) is 12.8 Å². The van der Waals surface area contributed by atoms with Crippen molar-refractivity contribution in [3.8, 4) is 5.75 Å². The van der Waals surface area contributed by atoms with E-state index < -0.39 is 24.4 Å². The zero-order valence-corrected chi connectivity index (χ0v) is 11.0. The van der Waals surface area contributed by atoms with Gasteiger partial charge in [-0.1, -0.05) is 12.1 Å². The van der Waals surface area contributed by atoms with Crippen molar-refractivity contribution in [2.24, 2.45) is 0 Å². The highest BCUT2D eigenvalue weighted by molar-refractivity contribution is 5.94. The number of ether oxygens (including phenoxy) is 1. The Bertz CT molecular complexity index is 613. The maximum atomic E-state index is 13.2. The number of carbonyl (C=O) groups is 2. The number of urea groups is 1. The summed E-state index contributed by atoms with van der Waals surface area (Å²) in [4.78, 5) is 22.9. The number of benzene rings is 1. The average molecular weight is 292 g/mol. The lowest BCUT2D eigenvalue weighted by molar-refractivity contribution is -0.122. The number of hydrogen-bond acceptors (Lipinski definition) is 4. The van der Waals surface area contributed by atoms with E-state index in [0.29, 0.717) is 5.76 Å². The molecule has 0 atom stereocenters. The minimum atomic E-state index is -0.687. The Hall–Kier alpha value is -2.83. The number of hydrogen-bond donors (Lipinski definition) is 2. The van der Waals surface area contributed by atoms with Gasteiger partial charge in [-0.05, 0) is 24.3 Å². The molecule has 6 nitrogen and oxygen atoms in total. The third-order valence-corrected chi connectivity index (χ3v) is 2.45. The van der Waals surface area contributed by atoms with Gasteiger partial charge in [-0.2, -0.15) is 0 Å². The molecule has 21 heavy (non-hydrogen) atoms. The van der Waals surface area contributed by atoms with Gasteiger partial charge in [0.25, 0.3) is 5.91 Å². The van der Waals surface area contributed by atoms with Crippen molar-refractivity contribution in [1.82, 2.24) is 10.6 Å². The van der Waals surface area contributed by atoms with E-state index in [1.165, 1.54) is 24.5 Å². The molecule has 0 saturated carbocycles. The van der Waals surface area contributed by atoms with Gasteiger partial charge in [0, 0.05) is 0 Å². The summed E-state index contributed by atoms with van der Waals surface area (Å²) in [6.07, 6.45) is 1.47. The number of furan rings is 1. The molecule has 2 rings (SSSR count). The van der Waals surface area contributed by atoms with Crippen molar-refractivity contribution < 1.29 is 23.1 Å². The van der Waals surface area contributed by atoms with Gasteiger partial charge in [0.15, 0.2) is 18.2 Å². The first-order valence-electron chi connectivity index (χ1n) is 6.12. The third kappa shape index (κ3) is 4.64. The van der Waals surface area contributed by atoms with Crippen molar-refractivity contribution in [2.45, 2.75) is 6.54 Å². The van der Waals surface area contributed by atoms with Crippen LogP contribution in [0.25, 0.3) is 0 Å². The molecule has 0 spiro atoms. The van der Waals surface area contributed by atoms with Gasteiger partial charge in [-0.25, -0.2) is 9.18 Å². The second-order valence-electron chi connectivity index (χ2n) is 4.03. The first kappa shape index (κ1) is 14.6. The van der Waals surface area contributed by atoms with Gasteiger partial charge < -0.3 is 14.5 Å². The highest BCUT2D eigenvalue weighted by Crippen LogP contribution is 2.14. The molecule has 110 valence electrons. The molecule has 0 bridgehead atoms. The van der Waals surface area contributed by atoms with E-state index in [1.807, 2.05) is 0 Å². The monoisotopic (exact) mass is 292 g/mol. The Morgan fingerprint density at radius 2 is 2.00 bits per heavy atom. The van der Waals surface area contributed by atoms with E-state index in [9.17, 15) is 14.0 Å². The Labute approximate surface area is 119 Å². The maximum Gasteiger partial charge on any atom is 0.321 e. The molecular weight excluding hydrogens is 279 g/mol. The van der Waals surface area contributed by atoms with Crippen molar-refractivity contribution in [3.05, 3.63) is 54.2 Å². The summed E-state index contributed by atoms with van der Waals surface area (Å²) < 4.78 is 23.2. The third-order valence-electron chi connectivity index (χ3n) is 2.45. The van der Waals surface area contributed by atoms with Crippen LogP contribution in [0.2, 0.25) is 0 Å². The molecule has 1 aromatic carbocycles. The zero-order chi connectivity index (χ0) is 15.1. The SMILES string of the molecule is O=C(COc1ccccc1F)NC(=O)NCc1ccco1. The first-order chi connectivity index (χ1) is 10.1. The van der Waals surface area contributed by atoms with Crippen LogP contribution >= 0.6 is 0 Å². The Balaban J connectivity index is 1.71. The smallest absolute Gasteiger partial charge is 0.321 e. The topological polar surface area (TPSA) is 80.6 Å². The van der Waals surface area contributed by atoms with E-state index in [4.69, 9.17) is 9.15 Å². The number of amides is 3. The van der Waals surface area contributed by atoms with Crippen LogP contribution in [0.1, 0.15) is 5.76 Å². The fourth-order valence-corrected chi connectivity index (χ4v) is 1.49. The predicted molar refractivity (Wildman–Crippen MR) is 71.0 cm³/mol. The van der Waals surface area contributed by atoms with E-state index in [1.54, 1.807) is 18.2 Å². The fourth-order valence-electron chi connectivity index (χ4n) is 1.49. The minimum Gasteiger partial charge on any atom is -0.481 e. The number of halogens is 1.